The molecule has 3 aromatic carbocycles. The van der Waals surface area contributed by atoms with E-state index in [4.69, 9.17) is 64.1 Å². The number of nitrogens with two attached hydrogens (primary N) is 3. The Hall–Kier alpha value is -9.16. The van der Waals surface area contributed by atoms with Crippen LogP contribution >= 0.6 is 48.0 Å². The zero-order valence-electron chi connectivity index (χ0n) is 76.6. The smallest absolute Gasteiger partial charge is 1.00 e. The minimum Gasteiger partial charge on any atom is -1.00 e. The number of hydrazine groups is 1. The minimum atomic E-state index is -1.66. The van der Waals surface area contributed by atoms with Gasteiger partial charge in [-0.15, -0.1) is 48.0 Å². The summed E-state index contributed by atoms with van der Waals surface area (Å²) in [6.45, 7) is 11.2. The topological polar surface area (TPSA) is 501 Å². The number of allylic oxidation sites excluding steroid dienone is 6. The normalized spacial score (nSPS) is 26.8. The van der Waals surface area contributed by atoms with E-state index >= 15 is 0 Å². The first-order valence-corrected chi connectivity index (χ1v) is 43.9. The Morgan fingerprint density at radius 2 is 1.57 bits per heavy atom. The molecule has 7 aromatic rings. The minimum absolute atomic E-state index is 0. The van der Waals surface area contributed by atoms with Crippen LogP contribution in [0.15, 0.2) is 151 Å². The molecule has 3 saturated heterocycles. The van der Waals surface area contributed by atoms with E-state index < -0.39 is 107 Å². The molecule has 4 aromatic heterocycles. The molecular weight excluding hydrogens is 1780 g/mol. The van der Waals surface area contributed by atoms with Gasteiger partial charge in [-0.3, -0.25) is 53.9 Å². The number of halogens is 4. The van der Waals surface area contributed by atoms with Gasteiger partial charge < -0.3 is 93.1 Å². The number of aromatic nitrogens is 8. The molecule has 6 fully saturated rings. The Labute approximate surface area is 806 Å². The molecule has 8 heterocycles. The van der Waals surface area contributed by atoms with Gasteiger partial charge in [-0.2, -0.15) is 0 Å². The number of aromatic amines is 1. The first kappa shape index (κ1) is 106. The number of ketones is 4. The third-order valence-electron chi connectivity index (χ3n) is 26.4. The van der Waals surface area contributed by atoms with Gasteiger partial charge in [0.1, 0.15) is 48.3 Å². The summed E-state index contributed by atoms with van der Waals surface area (Å²) in [6.07, 6.45) is 12.9. The first-order valence-electron chi connectivity index (χ1n) is 42.8. The first-order chi connectivity index (χ1) is 61.2. The molecule has 131 heavy (non-hydrogen) atoms. The van der Waals surface area contributed by atoms with Crippen LogP contribution in [-0.4, -0.2) is 270 Å². The van der Waals surface area contributed by atoms with Crippen molar-refractivity contribution in [2.45, 2.75) is 165 Å². The number of aryl methyl sites for hydroxylation is 1. The number of methoxy groups -OCH3 is 2. The van der Waals surface area contributed by atoms with Crippen molar-refractivity contribution in [1.82, 2.24) is 70.7 Å². The number of piperazine rings is 1. The van der Waals surface area contributed by atoms with Crippen molar-refractivity contribution >= 4 is 129 Å². The predicted molar refractivity (Wildman–Crippen MR) is 492 cm³/mol. The summed E-state index contributed by atoms with van der Waals surface area (Å²) < 4.78 is 28.9. The number of imidazole rings is 2. The van der Waals surface area contributed by atoms with Crippen LogP contribution in [-0.2, 0) is 67.1 Å². The third-order valence-corrected chi connectivity index (χ3v) is 26.7. The predicted octanol–water partition coefficient (Wildman–Crippen LogP) is 2.67. The van der Waals surface area contributed by atoms with Gasteiger partial charge in [0.05, 0.1) is 74.1 Å². The number of alkyl halides is 2. The van der Waals surface area contributed by atoms with Crippen LogP contribution in [0.5, 0.6) is 5.75 Å². The number of rotatable bonds is 28. The van der Waals surface area contributed by atoms with Crippen LogP contribution < -0.4 is 82.8 Å². The Morgan fingerprint density at radius 3 is 2.21 bits per heavy atom. The number of anilines is 2. The van der Waals surface area contributed by atoms with Crippen LogP contribution in [0, 0.1) is 34.5 Å². The van der Waals surface area contributed by atoms with E-state index in [0.29, 0.717) is 96.7 Å². The van der Waals surface area contributed by atoms with Crippen molar-refractivity contribution in [3.8, 4) is 5.75 Å². The number of Topliss-reactive ketones (excluding diaryl/α,β-unsaturated/α-hetero) is 3. The molecule has 3 saturated carbocycles. The summed E-state index contributed by atoms with van der Waals surface area (Å²) in [7, 11) is 10.6. The summed E-state index contributed by atoms with van der Waals surface area (Å²) in [5, 5.41) is 49.9. The summed E-state index contributed by atoms with van der Waals surface area (Å²) in [5.41, 5.74) is 28.3. The molecular formula is C90H120Cl4N19NaO17. The Balaban J connectivity index is 0.000000217. The number of likely N-dealkylation sites (N-methyl/N-ethyl adjacent to an activating group) is 1. The number of hydrogen-bond donors (Lipinski definition) is 12. The third kappa shape index (κ3) is 22.3. The number of primary amides is 1. The van der Waals surface area contributed by atoms with Crippen LogP contribution in [0.25, 0.3) is 22.3 Å². The van der Waals surface area contributed by atoms with Gasteiger partial charge in [0, 0.05) is 117 Å². The van der Waals surface area contributed by atoms with E-state index in [0.717, 1.165) is 52.9 Å². The second-order valence-corrected chi connectivity index (χ2v) is 35.2. The molecule has 706 valence electrons. The zero-order chi connectivity index (χ0) is 92.4. The van der Waals surface area contributed by atoms with E-state index in [2.05, 4.69) is 73.1 Å². The van der Waals surface area contributed by atoms with Crippen LogP contribution in [0.1, 0.15) is 114 Å². The van der Waals surface area contributed by atoms with E-state index in [9.17, 15) is 58.8 Å². The molecule has 15 N–H and O–H groups in total. The maximum atomic E-state index is 13.5. The maximum Gasteiger partial charge on any atom is 1.00 e. The number of esters is 1. The van der Waals surface area contributed by atoms with Crippen molar-refractivity contribution in [1.29, 1.82) is 0 Å². The van der Waals surface area contributed by atoms with Gasteiger partial charge in [-0.1, -0.05) is 61.9 Å². The molecule has 41 heteroatoms. The molecule has 9 aliphatic rings. The van der Waals surface area contributed by atoms with Crippen LogP contribution in [0.2, 0.25) is 0 Å². The fourth-order valence-electron chi connectivity index (χ4n) is 19.8. The molecule has 16 rings (SSSR count). The van der Waals surface area contributed by atoms with Gasteiger partial charge in [-0.05, 0) is 163 Å². The zero-order valence-corrected chi connectivity index (χ0v) is 80.7. The molecule has 4 aliphatic heterocycles. The molecule has 0 bridgehead atoms. The molecule has 3 amide bonds. The fourth-order valence-corrected chi connectivity index (χ4v) is 20.2. The van der Waals surface area contributed by atoms with E-state index in [1.54, 1.807) is 60.3 Å². The molecule has 0 spiro atoms. The summed E-state index contributed by atoms with van der Waals surface area (Å²) in [4.78, 5) is 135. The number of nitrogens with zero attached hydrogens (tertiary/aromatic N) is 11. The summed E-state index contributed by atoms with van der Waals surface area (Å²) >= 11 is 11.8. The number of fused-ring (bicyclic) bond motifs is 11. The Kier molecular flexibility index (Phi) is 36.8. The molecule has 0 radical (unpaired) electrons. The number of benzene rings is 3. The monoisotopic (exact) mass is 1900 g/mol. The average molecular weight is 1900 g/mol. The van der Waals surface area contributed by atoms with Crippen molar-refractivity contribution in [2.75, 3.05) is 103 Å². The van der Waals surface area contributed by atoms with E-state index in [1.807, 2.05) is 121 Å². The number of aliphatic hydroxyl groups is 4. The second-order valence-electron chi connectivity index (χ2n) is 34.4. The summed E-state index contributed by atoms with van der Waals surface area (Å²) in [6, 6.07) is 21.6. The molecule has 1 unspecified atom stereocenters. The Morgan fingerprint density at radius 1 is 0.885 bits per heavy atom. The number of amides is 3. The van der Waals surface area contributed by atoms with E-state index in [1.165, 1.54) is 26.1 Å². The van der Waals surface area contributed by atoms with Gasteiger partial charge in [0.15, 0.2) is 47.0 Å². The van der Waals surface area contributed by atoms with Crippen molar-refractivity contribution < 1.29 is 113 Å². The number of aliphatic hydroxyl groups excluding tert-OH is 3. The quantitative estimate of drug-likeness (QED) is 0.00837. The number of hydrogen-bond acceptors (Lipinski definition) is 31. The number of carbonyl (C=O) groups excluding carboxylic acids is 8. The molecule has 36 nitrogen and oxygen atoms in total. The number of ether oxygens (including phenoxy) is 5. The van der Waals surface area contributed by atoms with Gasteiger partial charge in [-0.25, -0.2) is 34.7 Å². The largest absolute Gasteiger partial charge is 1.00 e. The number of H-pyrrole nitrogens is 1. The van der Waals surface area contributed by atoms with Gasteiger partial charge >= 0.3 is 41.6 Å². The van der Waals surface area contributed by atoms with Crippen molar-refractivity contribution in [3.05, 3.63) is 173 Å². The van der Waals surface area contributed by atoms with E-state index in [-0.39, 0.29) is 152 Å². The van der Waals surface area contributed by atoms with Crippen molar-refractivity contribution in [2.24, 2.45) is 51.7 Å². The number of nitrogens with one attached hydrogen (secondary N) is 5. The average Bonchev–Trinajstić information content (AvgIpc) is 1.49. The van der Waals surface area contributed by atoms with Crippen LogP contribution in [0.4, 0.5) is 16.3 Å². The molecule has 5 aliphatic carbocycles. The standard InChI is InChI=1S/C35H45Cl2NO6.C22H29N7O5.C16H20N4O5.C12H19N3O.C5H4N4.2ClH.Na.H/c1-33-14-12-26(39)20-24(33)8-11-27-28-13-15-35(43,34(28,2)21-29(40)32(27)33)30(41)22-44-31(42)5-3-4-23-6-9-25(10-7-23)38(18-16-36)19-17-37;1-28(2)19-17-20(25-10-24-19)29(11-26-17)22-18(31)16(15(9-30)34-22)27-21(32)14(23)8-12-4-6-13(33-3)7-5-12;1-6-10(17)13(22)9-7(5-25-15(18)23)16(24-3)14-8(19(14)2)4-20(16)11(9)12(6)21;1-9(2)15-12(16)11-6-4-10(5-7-11)8-14-13-3;1-4-5(8-2-6-1)9-3-7-4;;;;/h6-7,9-10,12,14,20,27-29,32,40,43H,3-5,8,11,13,15-19,21-22H2,1-2H3;4-7,10-11,14-16,18,22,30-31H,8-9,23H2,1-3H3,(H,27,32);7-8,14H,4-5,17H2,1-3H3,(H2,18,23);4-7,9,13-14H,8H2,1-3H3,(H,15,16);1-3H,(H,6,7,8,9);2*1H;;/q;;;;;;;+1;-1/t27-,28-,29-,32+,33-,34-,35-;14-,15+,16+,18+,22+;7-,8+,14+,16-,19?;;;;;;/m001....../s1. The van der Waals surface area contributed by atoms with Gasteiger partial charge in [0.25, 0.3) is 5.91 Å². The fraction of sp³-hybridized carbons (Fsp3) is 0.511. The molecule has 17 atom stereocenters. The van der Waals surface area contributed by atoms with Crippen LogP contribution in [0.3, 0.4) is 0 Å². The SMILES string of the molecule is CNNCc1ccc(C(=O)NC(C)C)cc1.CO[C@@]12[C@H](COC(N)=O)C3=C(C(=O)C(C)=C(N)C3=O)N1C[C@H]1[C@@H]2N1C.COc1ccc(C[C@H](N)C(=O)N[C@H]2[C@@H](O)[C@H](n3cnc4c(N(C)C)ncnc43)O[C@@H]2CO)cc1.C[C@]12C=CC(=O)C=C1CC[C@@H]1[C@@H]2[C@@H](O)C[C@@]2(C)[C@H]1CC[C@]2(O)C(=O)COC(=O)CCCc1ccc(N(CCCl)CCCl)cc1.Cl.Cl.[H-].[Na+].c1ncc2[nH]cnc2n1. The second kappa shape index (κ2) is 45.7. The summed E-state index contributed by atoms with van der Waals surface area (Å²) in [5.74, 6) is -0.320. The van der Waals surface area contributed by atoms with Crippen molar-refractivity contribution in [3.63, 3.8) is 0 Å². The maximum absolute atomic E-state index is 13.5. The van der Waals surface area contributed by atoms with Gasteiger partial charge in [0.2, 0.25) is 23.3 Å². The number of carbonyl (C=O) groups is 8. The Bertz CT molecular complexity index is 5300.